The molecule has 1 amide bonds. The monoisotopic (exact) mass is 256 g/mol. The fourth-order valence-corrected chi connectivity index (χ4v) is 1.78. The van der Waals surface area contributed by atoms with E-state index in [1.807, 2.05) is 30.3 Å². The van der Waals surface area contributed by atoms with E-state index in [1.165, 1.54) is 12.4 Å². The van der Waals surface area contributed by atoms with Gasteiger partial charge in [0.25, 0.3) is 5.91 Å². The summed E-state index contributed by atoms with van der Waals surface area (Å²) >= 11 is 0. The smallest absolute Gasteiger partial charge is 0.274 e. The number of aromatic nitrogens is 2. The van der Waals surface area contributed by atoms with Crippen molar-refractivity contribution in [2.24, 2.45) is 5.73 Å². The Morgan fingerprint density at radius 1 is 1.21 bits per heavy atom. The van der Waals surface area contributed by atoms with E-state index in [9.17, 15) is 4.79 Å². The first-order chi connectivity index (χ1) is 9.31. The first-order valence-corrected chi connectivity index (χ1v) is 6.10. The van der Waals surface area contributed by atoms with Crippen molar-refractivity contribution < 1.29 is 4.79 Å². The van der Waals surface area contributed by atoms with Crippen molar-refractivity contribution in [2.45, 2.75) is 6.54 Å². The number of hydrogen-bond acceptors (Lipinski definition) is 4. The van der Waals surface area contributed by atoms with Crippen molar-refractivity contribution in [3.05, 3.63) is 60.2 Å². The summed E-state index contributed by atoms with van der Waals surface area (Å²) in [4.78, 5) is 21.9. The minimum atomic E-state index is -0.151. The number of rotatable bonds is 5. The predicted molar refractivity (Wildman–Crippen MR) is 72.3 cm³/mol. The zero-order valence-electron chi connectivity index (χ0n) is 10.6. The van der Waals surface area contributed by atoms with Crippen LogP contribution in [0.25, 0.3) is 0 Å². The third-order valence-electron chi connectivity index (χ3n) is 2.68. The molecule has 2 rings (SSSR count). The molecule has 0 unspecified atom stereocenters. The molecule has 0 bridgehead atoms. The maximum atomic E-state index is 12.3. The van der Waals surface area contributed by atoms with Gasteiger partial charge in [-0.15, -0.1) is 0 Å². The van der Waals surface area contributed by atoms with Gasteiger partial charge >= 0.3 is 0 Å². The molecule has 1 aromatic carbocycles. The highest BCUT2D eigenvalue weighted by Crippen LogP contribution is 2.07. The van der Waals surface area contributed by atoms with Gasteiger partial charge in [0.05, 0.1) is 6.20 Å². The molecular weight excluding hydrogens is 240 g/mol. The van der Waals surface area contributed by atoms with Crippen molar-refractivity contribution in [1.82, 2.24) is 14.9 Å². The number of hydrogen-bond donors (Lipinski definition) is 1. The van der Waals surface area contributed by atoms with Crippen LogP contribution in [0.5, 0.6) is 0 Å². The highest BCUT2D eigenvalue weighted by molar-refractivity contribution is 5.91. The first-order valence-electron chi connectivity index (χ1n) is 6.10. The molecule has 0 aliphatic carbocycles. The number of amides is 1. The second kappa shape index (κ2) is 6.61. The largest absolute Gasteiger partial charge is 0.332 e. The number of carbonyl (C=O) groups excluding carboxylic acids is 1. The lowest BCUT2D eigenvalue weighted by molar-refractivity contribution is 0.0742. The Bertz CT molecular complexity index is 515. The summed E-state index contributed by atoms with van der Waals surface area (Å²) in [5, 5.41) is 0. The predicted octanol–water partition coefficient (Wildman–Crippen LogP) is 1.08. The highest BCUT2D eigenvalue weighted by Gasteiger charge is 2.16. The van der Waals surface area contributed by atoms with E-state index in [0.29, 0.717) is 25.3 Å². The van der Waals surface area contributed by atoms with Gasteiger partial charge in [0, 0.05) is 32.0 Å². The standard InChI is InChI=1S/C14H16N4O/c15-6-9-18(11-12-4-2-1-3-5-12)14(19)13-10-16-7-8-17-13/h1-5,7-8,10H,6,9,11,15H2. The maximum Gasteiger partial charge on any atom is 0.274 e. The number of nitrogens with zero attached hydrogens (tertiary/aromatic N) is 3. The Balaban J connectivity index is 2.14. The van der Waals surface area contributed by atoms with E-state index in [2.05, 4.69) is 9.97 Å². The Morgan fingerprint density at radius 3 is 2.63 bits per heavy atom. The summed E-state index contributed by atoms with van der Waals surface area (Å²) < 4.78 is 0. The van der Waals surface area contributed by atoms with Gasteiger partial charge in [-0.2, -0.15) is 0 Å². The van der Waals surface area contributed by atoms with Crippen molar-refractivity contribution >= 4 is 5.91 Å². The van der Waals surface area contributed by atoms with Crippen LogP contribution in [-0.4, -0.2) is 33.9 Å². The third kappa shape index (κ3) is 3.59. The number of nitrogens with two attached hydrogens (primary N) is 1. The summed E-state index contributed by atoms with van der Waals surface area (Å²) in [6.45, 7) is 1.43. The van der Waals surface area contributed by atoms with Gasteiger partial charge in [0.2, 0.25) is 0 Å². The van der Waals surface area contributed by atoms with Crippen molar-refractivity contribution in [1.29, 1.82) is 0 Å². The van der Waals surface area contributed by atoms with Crippen molar-refractivity contribution in [2.75, 3.05) is 13.1 Å². The van der Waals surface area contributed by atoms with E-state index >= 15 is 0 Å². The summed E-state index contributed by atoms with van der Waals surface area (Å²) in [5.41, 5.74) is 6.97. The van der Waals surface area contributed by atoms with Gasteiger partial charge in [0.15, 0.2) is 0 Å². The fraction of sp³-hybridized carbons (Fsp3) is 0.214. The Labute approximate surface area is 112 Å². The average molecular weight is 256 g/mol. The summed E-state index contributed by atoms with van der Waals surface area (Å²) in [5.74, 6) is -0.151. The molecule has 1 heterocycles. The summed E-state index contributed by atoms with van der Waals surface area (Å²) in [6.07, 6.45) is 4.52. The van der Waals surface area contributed by atoms with Gasteiger partial charge < -0.3 is 10.6 Å². The maximum absolute atomic E-state index is 12.3. The SMILES string of the molecule is NCCN(Cc1ccccc1)C(=O)c1cnccn1. The lowest BCUT2D eigenvalue weighted by Crippen LogP contribution is -2.35. The second-order valence-corrected chi connectivity index (χ2v) is 4.09. The zero-order valence-corrected chi connectivity index (χ0v) is 10.6. The Hall–Kier alpha value is -2.27. The molecule has 5 nitrogen and oxygen atoms in total. The molecular formula is C14H16N4O. The Kier molecular flexibility index (Phi) is 4.58. The van der Waals surface area contributed by atoms with Crippen LogP contribution in [0, 0.1) is 0 Å². The van der Waals surface area contributed by atoms with E-state index in [4.69, 9.17) is 5.73 Å². The highest BCUT2D eigenvalue weighted by atomic mass is 16.2. The molecule has 5 heteroatoms. The topological polar surface area (TPSA) is 72.1 Å². The molecule has 0 fully saturated rings. The van der Waals surface area contributed by atoms with E-state index in [0.717, 1.165) is 5.56 Å². The first kappa shape index (κ1) is 13.2. The van der Waals surface area contributed by atoms with Crippen LogP contribution in [0.3, 0.4) is 0 Å². The second-order valence-electron chi connectivity index (χ2n) is 4.09. The van der Waals surface area contributed by atoms with Crippen LogP contribution in [0.1, 0.15) is 16.1 Å². The molecule has 0 saturated carbocycles. The van der Waals surface area contributed by atoms with E-state index < -0.39 is 0 Å². The van der Waals surface area contributed by atoms with Crippen LogP contribution in [0.15, 0.2) is 48.9 Å². The molecule has 0 aliphatic rings. The summed E-state index contributed by atoms with van der Waals surface area (Å²) in [6, 6.07) is 9.80. The van der Waals surface area contributed by atoms with Crippen molar-refractivity contribution in [3.63, 3.8) is 0 Å². The van der Waals surface area contributed by atoms with E-state index in [1.54, 1.807) is 11.1 Å². The van der Waals surface area contributed by atoms with Crippen LogP contribution in [0.4, 0.5) is 0 Å². The van der Waals surface area contributed by atoms with Gasteiger partial charge in [0.1, 0.15) is 5.69 Å². The van der Waals surface area contributed by atoms with E-state index in [-0.39, 0.29) is 5.91 Å². The van der Waals surface area contributed by atoms with Crippen molar-refractivity contribution in [3.8, 4) is 0 Å². The fourth-order valence-electron chi connectivity index (χ4n) is 1.78. The normalized spacial score (nSPS) is 10.2. The quantitative estimate of drug-likeness (QED) is 0.868. The lowest BCUT2D eigenvalue weighted by atomic mass is 10.2. The minimum Gasteiger partial charge on any atom is -0.332 e. The minimum absolute atomic E-state index is 0.151. The molecule has 98 valence electrons. The molecule has 2 N–H and O–H groups in total. The van der Waals surface area contributed by atoms with Crippen LogP contribution < -0.4 is 5.73 Å². The van der Waals surface area contributed by atoms with Gasteiger partial charge in [-0.25, -0.2) is 4.98 Å². The molecule has 1 aromatic heterocycles. The lowest BCUT2D eigenvalue weighted by Gasteiger charge is -2.21. The number of carbonyl (C=O) groups is 1. The molecule has 0 atom stereocenters. The molecule has 0 radical (unpaired) electrons. The van der Waals surface area contributed by atoms with Crippen LogP contribution in [0.2, 0.25) is 0 Å². The Morgan fingerprint density at radius 2 is 2.00 bits per heavy atom. The molecule has 0 spiro atoms. The van der Waals surface area contributed by atoms with Crippen LogP contribution >= 0.6 is 0 Å². The molecule has 2 aromatic rings. The average Bonchev–Trinajstić information content (AvgIpc) is 2.48. The number of benzene rings is 1. The van der Waals surface area contributed by atoms with Gasteiger partial charge in [-0.1, -0.05) is 30.3 Å². The molecule has 0 saturated heterocycles. The van der Waals surface area contributed by atoms with Crippen LogP contribution in [-0.2, 0) is 6.54 Å². The third-order valence-corrected chi connectivity index (χ3v) is 2.68. The van der Waals surface area contributed by atoms with Gasteiger partial charge in [-0.3, -0.25) is 9.78 Å². The zero-order chi connectivity index (χ0) is 13.5. The molecule has 19 heavy (non-hydrogen) atoms. The summed E-state index contributed by atoms with van der Waals surface area (Å²) in [7, 11) is 0. The van der Waals surface area contributed by atoms with Gasteiger partial charge in [-0.05, 0) is 5.56 Å². The molecule has 0 aliphatic heterocycles.